The van der Waals surface area contributed by atoms with Gasteiger partial charge in [-0.2, -0.15) is 0 Å². The van der Waals surface area contributed by atoms with Crippen LogP contribution in [-0.4, -0.2) is 6.54 Å². The first-order valence-electron chi connectivity index (χ1n) is 7.59. The van der Waals surface area contributed by atoms with E-state index in [1.807, 2.05) is 0 Å². The molecule has 0 aliphatic rings. The van der Waals surface area contributed by atoms with Gasteiger partial charge in [0.25, 0.3) is 0 Å². The van der Waals surface area contributed by atoms with Gasteiger partial charge in [0.2, 0.25) is 0 Å². The standard InChI is InChI=1S/C17H29N/c1-6-13-11-14(7-2)17(15(8-3)12-13)16(9-4)18-10-5/h11-12,16,18H,6-10H2,1-5H3. The molecule has 0 radical (unpaired) electrons. The van der Waals surface area contributed by atoms with E-state index in [0.29, 0.717) is 6.04 Å². The van der Waals surface area contributed by atoms with Gasteiger partial charge in [0.1, 0.15) is 0 Å². The molecule has 1 aromatic carbocycles. The first-order chi connectivity index (χ1) is 8.71. The molecule has 1 heteroatoms. The minimum Gasteiger partial charge on any atom is -0.310 e. The molecule has 0 spiro atoms. The molecule has 0 saturated heterocycles. The lowest BCUT2D eigenvalue weighted by Gasteiger charge is -2.24. The molecule has 0 bridgehead atoms. The lowest BCUT2D eigenvalue weighted by atomic mass is 9.88. The summed E-state index contributed by atoms with van der Waals surface area (Å²) in [6.07, 6.45) is 4.58. The van der Waals surface area contributed by atoms with Gasteiger partial charge < -0.3 is 5.32 Å². The van der Waals surface area contributed by atoms with Gasteiger partial charge in [-0.25, -0.2) is 0 Å². The molecule has 0 fully saturated rings. The maximum absolute atomic E-state index is 3.64. The normalized spacial score (nSPS) is 12.7. The Morgan fingerprint density at radius 1 is 0.889 bits per heavy atom. The highest BCUT2D eigenvalue weighted by atomic mass is 14.9. The zero-order valence-electron chi connectivity index (χ0n) is 12.8. The van der Waals surface area contributed by atoms with E-state index >= 15 is 0 Å². The Morgan fingerprint density at radius 3 is 1.78 bits per heavy atom. The van der Waals surface area contributed by atoms with Gasteiger partial charge in [-0.05, 0) is 54.5 Å². The van der Waals surface area contributed by atoms with Gasteiger partial charge in [0, 0.05) is 6.04 Å². The summed E-state index contributed by atoms with van der Waals surface area (Å²) >= 11 is 0. The Hall–Kier alpha value is -0.820. The van der Waals surface area contributed by atoms with Crippen LogP contribution >= 0.6 is 0 Å². The third kappa shape index (κ3) is 3.35. The van der Waals surface area contributed by atoms with E-state index in [2.05, 4.69) is 52.1 Å². The van der Waals surface area contributed by atoms with Crippen molar-refractivity contribution in [2.24, 2.45) is 0 Å². The van der Waals surface area contributed by atoms with Crippen LogP contribution in [0.4, 0.5) is 0 Å². The van der Waals surface area contributed by atoms with Crippen molar-refractivity contribution in [3.63, 3.8) is 0 Å². The Kier molecular flexibility index (Phi) is 6.42. The summed E-state index contributed by atoms with van der Waals surface area (Å²) in [6, 6.07) is 5.34. The van der Waals surface area contributed by atoms with Crippen molar-refractivity contribution in [3.05, 3.63) is 34.4 Å². The Balaban J connectivity index is 3.28. The molecule has 0 aromatic heterocycles. The molecule has 1 aromatic rings. The highest BCUT2D eigenvalue weighted by Crippen LogP contribution is 2.28. The molecule has 1 rings (SSSR count). The summed E-state index contributed by atoms with van der Waals surface area (Å²) in [6.45, 7) is 12.3. The van der Waals surface area contributed by atoms with Crippen LogP contribution in [0.2, 0.25) is 0 Å². The van der Waals surface area contributed by atoms with Gasteiger partial charge in [-0.15, -0.1) is 0 Å². The van der Waals surface area contributed by atoms with E-state index in [1.165, 1.54) is 12.0 Å². The van der Waals surface area contributed by atoms with E-state index in [9.17, 15) is 0 Å². The average Bonchev–Trinajstić information content (AvgIpc) is 2.43. The summed E-state index contributed by atoms with van der Waals surface area (Å²) < 4.78 is 0. The summed E-state index contributed by atoms with van der Waals surface area (Å²) in [5.41, 5.74) is 6.14. The van der Waals surface area contributed by atoms with Crippen molar-refractivity contribution in [1.29, 1.82) is 0 Å². The predicted octanol–water partition coefficient (Wildman–Crippen LogP) is 4.43. The van der Waals surface area contributed by atoms with Crippen LogP contribution in [0.3, 0.4) is 0 Å². The van der Waals surface area contributed by atoms with Gasteiger partial charge in [-0.1, -0.05) is 46.8 Å². The van der Waals surface area contributed by atoms with Gasteiger partial charge in [0.05, 0.1) is 0 Å². The van der Waals surface area contributed by atoms with Gasteiger partial charge >= 0.3 is 0 Å². The minimum atomic E-state index is 0.519. The topological polar surface area (TPSA) is 12.0 Å². The fraction of sp³-hybridized carbons (Fsp3) is 0.647. The molecule has 0 amide bonds. The van der Waals surface area contributed by atoms with E-state index in [0.717, 1.165) is 25.8 Å². The monoisotopic (exact) mass is 247 g/mol. The number of rotatable bonds is 7. The van der Waals surface area contributed by atoms with Crippen LogP contribution in [0, 0.1) is 0 Å². The summed E-state index contributed by atoms with van der Waals surface area (Å²) in [5, 5.41) is 3.64. The van der Waals surface area contributed by atoms with Crippen LogP contribution in [0.15, 0.2) is 12.1 Å². The van der Waals surface area contributed by atoms with Gasteiger partial charge in [0.15, 0.2) is 0 Å². The predicted molar refractivity (Wildman–Crippen MR) is 81.3 cm³/mol. The fourth-order valence-corrected chi connectivity index (χ4v) is 2.78. The van der Waals surface area contributed by atoms with Crippen molar-refractivity contribution in [1.82, 2.24) is 5.32 Å². The van der Waals surface area contributed by atoms with Crippen LogP contribution in [0.25, 0.3) is 0 Å². The van der Waals surface area contributed by atoms with E-state index in [-0.39, 0.29) is 0 Å². The Labute approximate surface area is 113 Å². The highest BCUT2D eigenvalue weighted by Gasteiger charge is 2.16. The number of benzene rings is 1. The molecular formula is C17H29N. The van der Waals surface area contributed by atoms with Crippen LogP contribution in [0.5, 0.6) is 0 Å². The van der Waals surface area contributed by atoms with Crippen molar-refractivity contribution in [3.8, 4) is 0 Å². The maximum Gasteiger partial charge on any atom is 0.0322 e. The SMILES string of the molecule is CCNC(CC)c1c(CC)cc(CC)cc1CC. The third-order valence-corrected chi connectivity index (χ3v) is 3.79. The smallest absolute Gasteiger partial charge is 0.0322 e. The molecule has 1 N–H and O–H groups in total. The second-order valence-electron chi connectivity index (χ2n) is 4.91. The molecule has 102 valence electrons. The Bertz CT molecular complexity index is 343. The summed E-state index contributed by atoms with van der Waals surface area (Å²) in [4.78, 5) is 0. The van der Waals surface area contributed by atoms with Gasteiger partial charge in [-0.3, -0.25) is 0 Å². The van der Waals surface area contributed by atoms with E-state index in [4.69, 9.17) is 0 Å². The number of hydrogen-bond donors (Lipinski definition) is 1. The van der Waals surface area contributed by atoms with Crippen molar-refractivity contribution in [2.45, 2.75) is 66.3 Å². The molecule has 1 nitrogen and oxygen atoms in total. The van der Waals surface area contributed by atoms with Crippen LogP contribution in [-0.2, 0) is 19.3 Å². The zero-order chi connectivity index (χ0) is 13.5. The first kappa shape index (κ1) is 15.2. The molecular weight excluding hydrogens is 218 g/mol. The van der Waals surface area contributed by atoms with E-state index < -0.39 is 0 Å². The second kappa shape index (κ2) is 7.58. The maximum atomic E-state index is 3.64. The largest absolute Gasteiger partial charge is 0.310 e. The molecule has 18 heavy (non-hydrogen) atoms. The zero-order valence-corrected chi connectivity index (χ0v) is 12.8. The number of hydrogen-bond acceptors (Lipinski definition) is 1. The lowest BCUT2D eigenvalue weighted by Crippen LogP contribution is -2.23. The molecule has 0 aliphatic carbocycles. The molecule has 0 aliphatic heterocycles. The molecule has 0 saturated carbocycles. The first-order valence-corrected chi connectivity index (χ1v) is 7.59. The van der Waals surface area contributed by atoms with E-state index in [1.54, 1.807) is 16.7 Å². The van der Waals surface area contributed by atoms with Crippen LogP contribution in [0.1, 0.15) is 69.3 Å². The quantitative estimate of drug-likeness (QED) is 0.751. The second-order valence-corrected chi connectivity index (χ2v) is 4.91. The fourth-order valence-electron chi connectivity index (χ4n) is 2.78. The highest BCUT2D eigenvalue weighted by molar-refractivity contribution is 5.41. The Morgan fingerprint density at radius 2 is 1.44 bits per heavy atom. The van der Waals surface area contributed by atoms with Crippen LogP contribution < -0.4 is 5.32 Å². The van der Waals surface area contributed by atoms with Crippen molar-refractivity contribution < 1.29 is 0 Å². The summed E-state index contributed by atoms with van der Waals surface area (Å²) in [7, 11) is 0. The number of nitrogens with one attached hydrogen (secondary N) is 1. The third-order valence-electron chi connectivity index (χ3n) is 3.79. The minimum absolute atomic E-state index is 0.519. The molecule has 0 heterocycles. The van der Waals surface area contributed by atoms with Crippen molar-refractivity contribution >= 4 is 0 Å². The average molecular weight is 247 g/mol. The van der Waals surface area contributed by atoms with Crippen molar-refractivity contribution in [2.75, 3.05) is 6.54 Å². The molecule has 1 unspecified atom stereocenters. The molecule has 1 atom stereocenters. The summed E-state index contributed by atoms with van der Waals surface area (Å²) in [5.74, 6) is 0. The lowest BCUT2D eigenvalue weighted by molar-refractivity contribution is 0.529. The number of aryl methyl sites for hydroxylation is 3.